The van der Waals surface area contributed by atoms with Gasteiger partial charge in [-0.15, -0.1) is 0 Å². The third-order valence-corrected chi connectivity index (χ3v) is 3.06. The maximum absolute atomic E-state index is 14.1. The lowest BCUT2D eigenvalue weighted by Gasteiger charge is -2.26. The summed E-state index contributed by atoms with van der Waals surface area (Å²) in [7, 11) is 0. The molecule has 0 unspecified atom stereocenters. The fourth-order valence-corrected chi connectivity index (χ4v) is 1.92. The molecule has 0 heterocycles. The number of nitrogens with two attached hydrogens (primary N) is 1. The lowest BCUT2D eigenvalue weighted by Crippen LogP contribution is -2.33. The average Bonchev–Trinajstić information content (AvgIpc) is 2.30. The third kappa shape index (κ3) is 3.73. The van der Waals surface area contributed by atoms with E-state index >= 15 is 0 Å². The Morgan fingerprint density at radius 3 is 2.67 bits per heavy atom. The first-order valence-electron chi connectivity index (χ1n) is 5.89. The van der Waals surface area contributed by atoms with Gasteiger partial charge in [0.25, 0.3) is 0 Å². The molecule has 0 spiro atoms. The second-order valence-corrected chi connectivity index (χ2v) is 4.87. The van der Waals surface area contributed by atoms with Crippen molar-refractivity contribution < 1.29 is 9.50 Å². The van der Waals surface area contributed by atoms with Crippen molar-refractivity contribution >= 4 is 17.2 Å². The molecule has 1 aromatic carbocycles. The molecule has 3 N–H and O–H groups in total. The topological polar surface area (TPSA) is 49.5 Å². The molecule has 0 aromatic heterocycles. The Morgan fingerprint density at radius 1 is 1.50 bits per heavy atom. The van der Waals surface area contributed by atoms with Crippen LogP contribution in [-0.4, -0.2) is 34.2 Å². The van der Waals surface area contributed by atoms with Crippen molar-refractivity contribution in [2.24, 2.45) is 5.73 Å². The van der Waals surface area contributed by atoms with Gasteiger partial charge in [0.15, 0.2) is 0 Å². The van der Waals surface area contributed by atoms with E-state index in [0.717, 1.165) is 0 Å². The van der Waals surface area contributed by atoms with Crippen LogP contribution in [0.1, 0.15) is 25.0 Å². The summed E-state index contributed by atoms with van der Waals surface area (Å²) in [5.41, 5.74) is 6.29. The van der Waals surface area contributed by atoms with E-state index < -0.39 is 0 Å². The van der Waals surface area contributed by atoms with Crippen molar-refractivity contribution in [1.29, 1.82) is 0 Å². The first kappa shape index (κ1) is 15.0. The van der Waals surface area contributed by atoms with Crippen LogP contribution in [0.25, 0.3) is 0 Å². The second kappa shape index (κ2) is 6.78. The zero-order chi connectivity index (χ0) is 13.7. The fraction of sp³-hybridized carbons (Fsp3) is 0.462. The number of hydrogen-bond donors (Lipinski definition) is 2. The maximum Gasteiger partial charge on any atom is 0.137 e. The van der Waals surface area contributed by atoms with Crippen LogP contribution in [0.3, 0.4) is 0 Å². The molecule has 0 aliphatic rings. The molecule has 100 valence electrons. The Bertz CT molecular complexity index is 423. The largest absolute Gasteiger partial charge is 0.395 e. The molecule has 0 aliphatic heterocycles. The van der Waals surface area contributed by atoms with Crippen molar-refractivity contribution in [2.45, 2.75) is 26.4 Å². The van der Waals surface area contributed by atoms with E-state index in [1.54, 1.807) is 18.2 Å². The van der Waals surface area contributed by atoms with Crippen molar-refractivity contribution in [1.82, 2.24) is 4.90 Å². The van der Waals surface area contributed by atoms with Crippen LogP contribution >= 0.6 is 12.2 Å². The van der Waals surface area contributed by atoms with E-state index in [1.807, 2.05) is 18.7 Å². The summed E-state index contributed by atoms with van der Waals surface area (Å²) in [6.45, 7) is 5.00. The summed E-state index contributed by atoms with van der Waals surface area (Å²) in [6, 6.07) is 5.26. The van der Waals surface area contributed by atoms with Crippen LogP contribution in [0, 0.1) is 5.82 Å². The van der Waals surface area contributed by atoms with E-state index in [0.29, 0.717) is 18.7 Å². The van der Waals surface area contributed by atoms with Crippen molar-refractivity contribution in [3.05, 3.63) is 35.1 Å². The Morgan fingerprint density at radius 2 is 2.17 bits per heavy atom. The molecule has 0 fully saturated rings. The number of benzene rings is 1. The van der Waals surface area contributed by atoms with E-state index in [4.69, 9.17) is 23.1 Å². The van der Waals surface area contributed by atoms with Crippen LogP contribution in [0.4, 0.5) is 4.39 Å². The monoisotopic (exact) mass is 270 g/mol. The molecular formula is C13H19FN2OS. The van der Waals surface area contributed by atoms with Gasteiger partial charge in [-0.2, -0.15) is 0 Å². The van der Waals surface area contributed by atoms with Gasteiger partial charge in [-0.25, -0.2) is 4.39 Å². The molecular weight excluding hydrogens is 251 g/mol. The molecule has 0 saturated heterocycles. The van der Waals surface area contributed by atoms with Crippen molar-refractivity contribution in [3.63, 3.8) is 0 Å². The van der Waals surface area contributed by atoms with Crippen LogP contribution in [0.15, 0.2) is 18.2 Å². The average molecular weight is 270 g/mol. The fourth-order valence-electron chi connectivity index (χ4n) is 1.76. The highest BCUT2D eigenvalue weighted by Gasteiger charge is 2.15. The van der Waals surface area contributed by atoms with E-state index in [-0.39, 0.29) is 29.0 Å². The summed E-state index contributed by atoms with van der Waals surface area (Å²) >= 11 is 4.81. The zero-order valence-corrected chi connectivity index (χ0v) is 11.5. The zero-order valence-electron chi connectivity index (χ0n) is 10.7. The first-order valence-corrected chi connectivity index (χ1v) is 6.30. The van der Waals surface area contributed by atoms with Crippen LogP contribution in [-0.2, 0) is 6.54 Å². The maximum atomic E-state index is 14.1. The Kier molecular flexibility index (Phi) is 5.65. The second-order valence-electron chi connectivity index (χ2n) is 4.43. The predicted octanol–water partition coefficient (Wildman–Crippen LogP) is 1.66. The van der Waals surface area contributed by atoms with E-state index in [1.165, 1.54) is 0 Å². The van der Waals surface area contributed by atoms with Gasteiger partial charge < -0.3 is 10.8 Å². The third-order valence-electron chi connectivity index (χ3n) is 2.84. The minimum absolute atomic E-state index is 0.0504. The highest BCUT2D eigenvalue weighted by atomic mass is 32.1. The number of thiocarbonyl (C=S) groups is 1. The van der Waals surface area contributed by atoms with E-state index in [2.05, 4.69) is 0 Å². The normalized spacial score (nSPS) is 11.2. The molecule has 0 atom stereocenters. The van der Waals surface area contributed by atoms with Gasteiger partial charge in [0.05, 0.1) is 6.61 Å². The van der Waals surface area contributed by atoms with Crippen LogP contribution in [0.5, 0.6) is 0 Å². The number of rotatable bonds is 6. The molecule has 0 aliphatic carbocycles. The summed E-state index contributed by atoms with van der Waals surface area (Å²) in [4.78, 5) is 2.05. The summed E-state index contributed by atoms with van der Waals surface area (Å²) in [5, 5.41) is 9.00. The molecule has 0 amide bonds. The van der Waals surface area contributed by atoms with Crippen LogP contribution in [0.2, 0.25) is 0 Å². The van der Waals surface area contributed by atoms with Gasteiger partial charge in [0.1, 0.15) is 10.8 Å². The van der Waals surface area contributed by atoms with Gasteiger partial charge in [0, 0.05) is 30.3 Å². The van der Waals surface area contributed by atoms with Gasteiger partial charge in [-0.05, 0) is 19.9 Å². The van der Waals surface area contributed by atoms with Gasteiger partial charge in [-0.3, -0.25) is 4.90 Å². The minimum atomic E-state index is -0.367. The van der Waals surface area contributed by atoms with Crippen molar-refractivity contribution in [3.8, 4) is 0 Å². The highest BCUT2D eigenvalue weighted by molar-refractivity contribution is 7.80. The quantitative estimate of drug-likeness (QED) is 0.772. The number of aliphatic hydroxyl groups excluding tert-OH is 1. The van der Waals surface area contributed by atoms with Gasteiger partial charge in [-0.1, -0.05) is 24.4 Å². The number of nitrogens with zero attached hydrogens (tertiary/aromatic N) is 1. The summed E-state index contributed by atoms with van der Waals surface area (Å²) in [5.74, 6) is -0.367. The molecule has 0 radical (unpaired) electrons. The van der Waals surface area contributed by atoms with E-state index in [9.17, 15) is 4.39 Å². The molecule has 0 bridgehead atoms. The van der Waals surface area contributed by atoms with Gasteiger partial charge in [0.2, 0.25) is 0 Å². The highest BCUT2D eigenvalue weighted by Crippen LogP contribution is 2.16. The SMILES string of the molecule is CC(C)N(CCO)Cc1cccc(C(N)=S)c1F. The summed E-state index contributed by atoms with van der Waals surface area (Å²) in [6.07, 6.45) is 0. The lowest BCUT2D eigenvalue weighted by molar-refractivity contribution is 0.158. The smallest absolute Gasteiger partial charge is 0.137 e. The molecule has 3 nitrogen and oxygen atoms in total. The Hall–Kier alpha value is -1.04. The molecule has 5 heteroatoms. The number of hydrogen-bond acceptors (Lipinski definition) is 3. The first-order chi connectivity index (χ1) is 8.47. The summed E-state index contributed by atoms with van der Waals surface area (Å²) < 4.78 is 14.1. The number of aliphatic hydroxyl groups is 1. The Balaban J connectivity index is 2.96. The number of halogens is 1. The van der Waals surface area contributed by atoms with Gasteiger partial charge >= 0.3 is 0 Å². The molecule has 1 rings (SSSR count). The minimum Gasteiger partial charge on any atom is -0.395 e. The lowest BCUT2D eigenvalue weighted by atomic mass is 10.1. The predicted molar refractivity (Wildman–Crippen MR) is 74.9 cm³/mol. The van der Waals surface area contributed by atoms with Crippen molar-refractivity contribution in [2.75, 3.05) is 13.2 Å². The standard InChI is InChI=1S/C13H19FN2OS/c1-9(2)16(6-7-17)8-10-4-3-5-11(12(10)14)13(15)18/h3-5,9,17H,6-8H2,1-2H3,(H2,15,18). The molecule has 1 aromatic rings. The Labute approximate surface area is 112 Å². The molecule has 18 heavy (non-hydrogen) atoms. The molecule has 0 saturated carbocycles. The van der Waals surface area contributed by atoms with Crippen LogP contribution < -0.4 is 5.73 Å².